The van der Waals surface area contributed by atoms with E-state index in [9.17, 15) is 4.79 Å². The molecule has 0 aromatic carbocycles. The summed E-state index contributed by atoms with van der Waals surface area (Å²) >= 11 is 0. The summed E-state index contributed by atoms with van der Waals surface area (Å²) in [5.41, 5.74) is 2.93. The number of carbonyl (C=O) groups excluding carboxylic acids is 1. The minimum Gasteiger partial charge on any atom is -0.297 e. The fourth-order valence-corrected chi connectivity index (χ4v) is 1.59. The van der Waals surface area contributed by atoms with Crippen molar-refractivity contribution in [1.82, 2.24) is 5.48 Å². The topological polar surface area (TPSA) is 38.3 Å². The Bertz CT molecular complexity index is 200. The van der Waals surface area contributed by atoms with Crippen LogP contribution in [0.1, 0.15) is 54.4 Å². The van der Waals surface area contributed by atoms with Gasteiger partial charge < -0.3 is 0 Å². The number of carbonyl (C=O) groups is 1. The second kappa shape index (κ2) is 6.23. The highest BCUT2D eigenvalue weighted by atomic mass is 16.7. The molecule has 1 N–H and O–H groups in total. The molecule has 0 rings (SSSR count). The zero-order chi connectivity index (χ0) is 12.1. The second-order valence-electron chi connectivity index (χ2n) is 5.13. The van der Waals surface area contributed by atoms with Gasteiger partial charge in [0.05, 0.1) is 0 Å². The van der Waals surface area contributed by atoms with Gasteiger partial charge in [-0.1, -0.05) is 27.2 Å². The quantitative estimate of drug-likeness (QED) is 0.664. The van der Waals surface area contributed by atoms with E-state index in [1.54, 1.807) is 6.92 Å². The van der Waals surface area contributed by atoms with Gasteiger partial charge in [0.25, 0.3) is 0 Å². The third-order valence-electron chi connectivity index (χ3n) is 2.34. The maximum atomic E-state index is 11.3. The Morgan fingerprint density at radius 2 is 1.93 bits per heavy atom. The Balaban J connectivity index is 4.15. The van der Waals surface area contributed by atoms with Crippen molar-refractivity contribution in [2.45, 2.75) is 66.0 Å². The van der Waals surface area contributed by atoms with Crippen LogP contribution in [0.2, 0.25) is 0 Å². The van der Waals surface area contributed by atoms with Gasteiger partial charge in [0.1, 0.15) is 6.10 Å². The third-order valence-corrected chi connectivity index (χ3v) is 2.34. The van der Waals surface area contributed by atoms with Gasteiger partial charge in [-0.05, 0) is 33.1 Å². The first-order valence-electron chi connectivity index (χ1n) is 5.73. The number of nitrogens with one attached hydrogen (secondary N) is 1. The number of hydrogen-bond acceptors (Lipinski definition) is 3. The van der Waals surface area contributed by atoms with Crippen LogP contribution in [-0.2, 0) is 9.63 Å². The van der Waals surface area contributed by atoms with Crippen LogP contribution in [0.3, 0.4) is 0 Å². The van der Waals surface area contributed by atoms with E-state index < -0.39 is 0 Å². The first kappa shape index (κ1) is 14.6. The lowest BCUT2D eigenvalue weighted by atomic mass is 10.0. The molecule has 0 aromatic heterocycles. The van der Waals surface area contributed by atoms with E-state index in [4.69, 9.17) is 4.84 Å². The molecule has 0 aliphatic rings. The molecule has 0 bridgehead atoms. The molecule has 3 nitrogen and oxygen atoms in total. The SMILES string of the molecule is CCCC(C)(C)NOC(C(C)=O)C(C)C. The second-order valence-corrected chi connectivity index (χ2v) is 5.13. The lowest BCUT2D eigenvalue weighted by Gasteiger charge is -2.28. The molecular weight excluding hydrogens is 190 g/mol. The van der Waals surface area contributed by atoms with Crippen LogP contribution >= 0.6 is 0 Å². The Kier molecular flexibility index (Phi) is 6.06. The maximum absolute atomic E-state index is 11.3. The molecule has 0 aromatic rings. The average molecular weight is 215 g/mol. The van der Waals surface area contributed by atoms with Gasteiger partial charge in [-0.2, -0.15) is 5.48 Å². The van der Waals surface area contributed by atoms with E-state index in [2.05, 4.69) is 26.3 Å². The predicted molar refractivity (Wildman–Crippen MR) is 62.5 cm³/mol. The van der Waals surface area contributed by atoms with Gasteiger partial charge in [0.15, 0.2) is 5.78 Å². The first-order valence-corrected chi connectivity index (χ1v) is 5.73. The minimum absolute atomic E-state index is 0.0721. The van der Waals surface area contributed by atoms with Crippen LogP contribution < -0.4 is 5.48 Å². The molecule has 0 spiro atoms. The summed E-state index contributed by atoms with van der Waals surface area (Å²) in [7, 11) is 0. The summed E-state index contributed by atoms with van der Waals surface area (Å²) in [5, 5.41) is 0. The molecule has 0 heterocycles. The molecule has 0 amide bonds. The highest BCUT2D eigenvalue weighted by Gasteiger charge is 2.23. The molecule has 0 fully saturated rings. The molecule has 0 radical (unpaired) electrons. The van der Waals surface area contributed by atoms with Gasteiger partial charge in [0, 0.05) is 5.54 Å². The Morgan fingerprint density at radius 1 is 1.40 bits per heavy atom. The van der Waals surface area contributed by atoms with Gasteiger partial charge in [-0.15, -0.1) is 0 Å². The zero-order valence-electron chi connectivity index (χ0n) is 10.9. The molecule has 15 heavy (non-hydrogen) atoms. The Labute approximate surface area is 93.5 Å². The summed E-state index contributed by atoms with van der Waals surface area (Å²) in [6.07, 6.45) is 1.77. The molecule has 1 atom stereocenters. The molecular formula is C12H25NO2. The summed E-state index contributed by atoms with van der Waals surface area (Å²) in [6.45, 7) is 11.8. The highest BCUT2D eigenvalue weighted by Crippen LogP contribution is 2.13. The molecule has 90 valence electrons. The number of hydroxylamine groups is 1. The molecule has 0 aliphatic heterocycles. The van der Waals surface area contributed by atoms with Crippen LogP contribution in [0, 0.1) is 5.92 Å². The van der Waals surface area contributed by atoms with Crippen LogP contribution in [0.4, 0.5) is 0 Å². The van der Waals surface area contributed by atoms with E-state index in [0.717, 1.165) is 12.8 Å². The average Bonchev–Trinajstić information content (AvgIpc) is 2.01. The van der Waals surface area contributed by atoms with Gasteiger partial charge in [-0.3, -0.25) is 9.63 Å². The predicted octanol–water partition coefficient (Wildman–Crippen LogP) is 2.70. The molecule has 0 aliphatic carbocycles. The lowest BCUT2D eigenvalue weighted by molar-refractivity contribution is -0.143. The van der Waals surface area contributed by atoms with Crippen molar-refractivity contribution in [3.8, 4) is 0 Å². The van der Waals surface area contributed by atoms with Crippen LogP contribution in [0.25, 0.3) is 0 Å². The fourth-order valence-electron chi connectivity index (χ4n) is 1.59. The largest absolute Gasteiger partial charge is 0.297 e. The first-order chi connectivity index (χ1) is 6.80. The van der Waals surface area contributed by atoms with Crippen molar-refractivity contribution in [2.75, 3.05) is 0 Å². The van der Waals surface area contributed by atoms with Crippen LogP contribution in [0.15, 0.2) is 0 Å². The molecule has 0 saturated heterocycles. The van der Waals surface area contributed by atoms with Crippen molar-refractivity contribution >= 4 is 5.78 Å². The fraction of sp³-hybridized carbons (Fsp3) is 0.917. The van der Waals surface area contributed by atoms with Gasteiger partial charge in [0.2, 0.25) is 0 Å². The van der Waals surface area contributed by atoms with Crippen molar-refractivity contribution in [3.05, 3.63) is 0 Å². The molecule has 3 heteroatoms. The number of rotatable bonds is 7. The normalized spacial score (nSPS) is 14.3. The Morgan fingerprint density at radius 3 is 2.27 bits per heavy atom. The van der Waals surface area contributed by atoms with Crippen molar-refractivity contribution in [1.29, 1.82) is 0 Å². The van der Waals surface area contributed by atoms with Crippen LogP contribution in [-0.4, -0.2) is 17.4 Å². The van der Waals surface area contributed by atoms with E-state index in [0.29, 0.717) is 0 Å². The van der Waals surface area contributed by atoms with E-state index in [1.165, 1.54) is 0 Å². The van der Waals surface area contributed by atoms with Gasteiger partial charge >= 0.3 is 0 Å². The number of ketones is 1. The highest BCUT2D eigenvalue weighted by molar-refractivity contribution is 5.80. The van der Waals surface area contributed by atoms with E-state index in [1.807, 2.05) is 13.8 Å². The molecule has 1 unspecified atom stereocenters. The standard InChI is InChI=1S/C12H25NO2/c1-7-8-12(5,6)13-15-11(9(2)3)10(4)14/h9,11,13H,7-8H2,1-6H3. The monoisotopic (exact) mass is 215 g/mol. The van der Waals surface area contributed by atoms with Crippen LogP contribution in [0.5, 0.6) is 0 Å². The summed E-state index contributed by atoms with van der Waals surface area (Å²) in [6, 6.07) is 0. The van der Waals surface area contributed by atoms with E-state index in [-0.39, 0.29) is 23.3 Å². The summed E-state index contributed by atoms with van der Waals surface area (Å²) in [4.78, 5) is 16.8. The smallest absolute Gasteiger partial charge is 0.160 e. The number of Topliss-reactive ketones (excluding diaryl/α,β-unsaturated/α-hetero) is 1. The van der Waals surface area contributed by atoms with Crippen molar-refractivity contribution < 1.29 is 9.63 Å². The minimum atomic E-state index is -0.346. The van der Waals surface area contributed by atoms with Crippen molar-refractivity contribution in [3.63, 3.8) is 0 Å². The Hall–Kier alpha value is -0.410. The molecule has 0 saturated carbocycles. The maximum Gasteiger partial charge on any atom is 0.160 e. The third kappa shape index (κ3) is 5.90. The summed E-state index contributed by atoms with van der Waals surface area (Å²) < 4.78 is 0. The van der Waals surface area contributed by atoms with E-state index >= 15 is 0 Å². The van der Waals surface area contributed by atoms with Crippen molar-refractivity contribution in [2.24, 2.45) is 5.92 Å². The van der Waals surface area contributed by atoms with Gasteiger partial charge in [-0.25, -0.2) is 0 Å². The number of hydrogen-bond donors (Lipinski definition) is 1. The summed E-state index contributed by atoms with van der Waals surface area (Å²) in [5.74, 6) is 0.275. The zero-order valence-corrected chi connectivity index (χ0v) is 10.9. The lowest BCUT2D eigenvalue weighted by Crippen LogP contribution is -2.44.